The minimum absolute atomic E-state index is 0.00343. The molecule has 6 heteroatoms. The van der Waals surface area contributed by atoms with Gasteiger partial charge in [0.1, 0.15) is 0 Å². The van der Waals surface area contributed by atoms with Crippen molar-refractivity contribution in [2.45, 2.75) is 81.7 Å². The fraction of sp³-hybridized carbons (Fsp3) is 0.452. The van der Waals surface area contributed by atoms with Crippen LogP contribution in [-0.4, -0.2) is 40.7 Å². The van der Waals surface area contributed by atoms with E-state index in [-0.39, 0.29) is 23.8 Å². The molecule has 0 radical (unpaired) electrons. The summed E-state index contributed by atoms with van der Waals surface area (Å²) in [6.07, 6.45) is 10.0. The first-order valence-electron chi connectivity index (χ1n) is 13.7. The Hall–Kier alpha value is -3.41. The van der Waals surface area contributed by atoms with Gasteiger partial charge in [-0.25, -0.2) is 0 Å². The molecule has 2 aromatic rings. The third-order valence-corrected chi connectivity index (χ3v) is 9.25. The molecule has 3 fully saturated rings. The van der Waals surface area contributed by atoms with Crippen molar-refractivity contribution in [1.82, 2.24) is 10.2 Å². The van der Waals surface area contributed by atoms with E-state index >= 15 is 0 Å². The summed E-state index contributed by atoms with van der Waals surface area (Å²) in [5.74, 6) is -0.270. The van der Waals surface area contributed by atoms with Crippen molar-refractivity contribution < 1.29 is 14.4 Å². The molecule has 1 saturated heterocycles. The van der Waals surface area contributed by atoms with Crippen LogP contribution in [0, 0.1) is 6.92 Å². The number of carbonyl (C=O) groups excluding carboxylic acids is 3. The fourth-order valence-electron chi connectivity index (χ4n) is 7.35. The van der Waals surface area contributed by atoms with Gasteiger partial charge >= 0.3 is 0 Å². The van der Waals surface area contributed by atoms with Crippen LogP contribution in [0.1, 0.15) is 74.5 Å². The largest absolute Gasteiger partial charge is 0.345 e. The van der Waals surface area contributed by atoms with Crippen LogP contribution in [0.2, 0.25) is 0 Å². The molecule has 2 N–H and O–H groups in total. The second-order valence-electron chi connectivity index (χ2n) is 11.4. The van der Waals surface area contributed by atoms with Crippen LogP contribution in [0.3, 0.4) is 0 Å². The molecule has 2 aliphatic heterocycles. The molecule has 6 rings (SSSR count). The van der Waals surface area contributed by atoms with Crippen molar-refractivity contribution in [3.63, 3.8) is 0 Å². The second-order valence-corrected chi connectivity index (χ2v) is 11.4. The van der Waals surface area contributed by atoms with Gasteiger partial charge in [-0.2, -0.15) is 0 Å². The van der Waals surface area contributed by atoms with Gasteiger partial charge in [0, 0.05) is 23.9 Å². The van der Waals surface area contributed by atoms with Gasteiger partial charge in [0.25, 0.3) is 5.91 Å². The first kappa shape index (κ1) is 24.0. The SMILES string of the molecule is Cc1ccc(C2(C(=O)N3CC[C@]4(NC(=O)/C=C5\C(=O)Nc6ccccc65)CCC[C@H]34)CCCCC2)cc1. The summed E-state index contributed by atoms with van der Waals surface area (Å²) in [6, 6.07) is 16.0. The van der Waals surface area contributed by atoms with Crippen LogP contribution in [0.5, 0.6) is 0 Å². The molecular weight excluding hydrogens is 462 g/mol. The summed E-state index contributed by atoms with van der Waals surface area (Å²) in [5, 5.41) is 6.12. The Morgan fingerprint density at radius 1 is 0.973 bits per heavy atom. The molecule has 3 amide bonds. The van der Waals surface area contributed by atoms with E-state index in [1.807, 2.05) is 24.3 Å². The number of carbonyl (C=O) groups is 3. The van der Waals surface area contributed by atoms with E-state index in [9.17, 15) is 14.4 Å². The molecule has 2 aliphatic carbocycles. The first-order chi connectivity index (χ1) is 17.9. The van der Waals surface area contributed by atoms with Crippen LogP contribution in [0.15, 0.2) is 54.6 Å². The molecular formula is C31H35N3O3. The number of benzene rings is 2. The predicted molar refractivity (Wildman–Crippen MR) is 144 cm³/mol. The molecule has 192 valence electrons. The summed E-state index contributed by atoms with van der Waals surface area (Å²) in [7, 11) is 0. The number of fused-ring (bicyclic) bond motifs is 2. The minimum atomic E-state index is -0.470. The van der Waals surface area contributed by atoms with Crippen molar-refractivity contribution in [3.8, 4) is 0 Å². The molecule has 4 aliphatic rings. The van der Waals surface area contributed by atoms with E-state index in [4.69, 9.17) is 0 Å². The molecule has 2 aromatic carbocycles. The third kappa shape index (κ3) is 3.97. The topological polar surface area (TPSA) is 78.5 Å². The van der Waals surface area contributed by atoms with Crippen molar-refractivity contribution in [2.75, 3.05) is 11.9 Å². The average Bonchev–Trinajstić information content (AvgIpc) is 3.56. The van der Waals surface area contributed by atoms with Crippen LogP contribution >= 0.6 is 0 Å². The second kappa shape index (κ2) is 9.16. The van der Waals surface area contributed by atoms with Gasteiger partial charge < -0.3 is 15.5 Å². The van der Waals surface area contributed by atoms with E-state index < -0.39 is 11.0 Å². The van der Waals surface area contributed by atoms with Crippen molar-refractivity contribution >= 4 is 29.0 Å². The van der Waals surface area contributed by atoms with Crippen molar-refractivity contribution in [3.05, 3.63) is 71.3 Å². The van der Waals surface area contributed by atoms with Crippen molar-refractivity contribution in [1.29, 1.82) is 0 Å². The predicted octanol–water partition coefficient (Wildman–Crippen LogP) is 4.87. The van der Waals surface area contributed by atoms with Crippen LogP contribution < -0.4 is 10.6 Å². The molecule has 0 unspecified atom stereocenters. The Kier molecular flexibility index (Phi) is 5.93. The molecule has 0 aromatic heterocycles. The normalized spacial score (nSPS) is 27.1. The molecule has 0 spiro atoms. The number of para-hydroxylation sites is 1. The van der Waals surface area contributed by atoms with E-state index in [1.54, 1.807) is 0 Å². The molecule has 0 bridgehead atoms. The zero-order valence-electron chi connectivity index (χ0n) is 21.5. The van der Waals surface area contributed by atoms with Gasteiger partial charge in [-0.1, -0.05) is 67.3 Å². The van der Waals surface area contributed by atoms with E-state index in [2.05, 4.69) is 46.7 Å². The van der Waals surface area contributed by atoms with E-state index in [0.29, 0.717) is 12.1 Å². The lowest BCUT2D eigenvalue weighted by atomic mass is 9.68. The van der Waals surface area contributed by atoms with Gasteiger partial charge in [0.15, 0.2) is 0 Å². The summed E-state index contributed by atoms with van der Waals surface area (Å²) in [5.41, 5.74) is 3.32. The standard InChI is InChI=1S/C31H35N3O3/c1-21-11-13-22(14-12-21)30(15-5-2-6-16-30)29(37)34-19-18-31(17-7-10-26(31)34)33-27(35)20-24-23-8-3-4-9-25(23)32-28(24)36/h3-4,8-9,11-14,20,26H,2,5-7,10,15-19H2,1H3,(H,32,36)(H,33,35)/b24-20-/t26-,31+/m0/s1. The molecule has 2 saturated carbocycles. The Morgan fingerprint density at radius 3 is 2.51 bits per heavy atom. The summed E-state index contributed by atoms with van der Waals surface area (Å²) >= 11 is 0. The lowest BCUT2D eigenvalue weighted by Crippen LogP contribution is -2.56. The first-order valence-corrected chi connectivity index (χ1v) is 13.7. The van der Waals surface area contributed by atoms with Gasteiger partial charge in [-0.15, -0.1) is 0 Å². The van der Waals surface area contributed by atoms with E-state index in [0.717, 1.165) is 68.2 Å². The number of likely N-dealkylation sites (tertiary alicyclic amines) is 1. The summed E-state index contributed by atoms with van der Waals surface area (Å²) in [6.45, 7) is 2.75. The Labute approximate surface area is 218 Å². The van der Waals surface area contributed by atoms with Crippen molar-refractivity contribution in [2.24, 2.45) is 0 Å². The number of nitrogens with one attached hydrogen (secondary N) is 2. The number of hydrogen-bond donors (Lipinski definition) is 2. The highest BCUT2D eigenvalue weighted by molar-refractivity contribution is 6.33. The summed E-state index contributed by atoms with van der Waals surface area (Å²) < 4.78 is 0. The Morgan fingerprint density at radius 2 is 1.73 bits per heavy atom. The minimum Gasteiger partial charge on any atom is -0.345 e. The average molecular weight is 498 g/mol. The zero-order valence-corrected chi connectivity index (χ0v) is 21.5. The third-order valence-electron chi connectivity index (χ3n) is 9.25. The zero-order chi connectivity index (χ0) is 25.6. The maximum absolute atomic E-state index is 14.4. The van der Waals surface area contributed by atoms with Crippen LogP contribution in [0.4, 0.5) is 5.69 Å². The highest BCUT2D eigenvalue weighted by Gasteiger charge is 2.56. The van der Waals surface area contributed by atoms with E-state index in [1.165, 1.54) is 18.1 Å². The summed E-state index contributed by atoms with van der Waals surface area (Å²) in [4.78, 5) is 42.3. The highest BCUT2D eigenvalue weighted by Crippen LogP contribution is 2.47. The number of anilines is 1. The van der Waals surface area contributed by atoms with Gasteiger partial charge in [-0.05, 0) is 57.1 Å². The number of hydrogen-bond acceptors (Lipinski definition) is 3. The Balaban J connectivity index is 1.25. The number of aryl methyl sites for hydroxylation is 1. The number of rotatable bonds is 4. The maximum Gasteiger partial charge on any atom is 0.256 e. The van der Waals surface area contributed by atoms with Gasteiger partial charge in [-0.3, -0.25) is 14.4 Å². The lowest BCUT2D eigenvalue weighted by molar-refractivity contribution is -0.140. The number of nitrogens with zero attached hydrogens (tertiary/aromatic N) is 1. The molecule has 2 heterocycles. The monoisotopic (exact) mass is 497 g/mol. The van der Waals surface area contributed by atoms with Crippen LogP contribution in [0.25, 0.3) is 5.57 Å². The molecule has 37 heavy (non-hydrogen) atoms. The smallest absolute Gasteiger partial charge is 0.256 e. The highest BCUT2D eigenvalue weighted by atomic mass is 16.2. The quantitative estimate of drug-likeness (QED) is 0.592. The van der Waals surface area contributed by atoms with Gasteiger partial charge in [0.2, 0.25) is 11.8 Å². The molecule has 6 nitrogen and oxygen atoms in total. The Bertz CT molecular complexity index is 1270. The maximum atomic E-state index is 14.4. The van der Waals surface area contributed by atoms with Gasteiger partial charge in [0.05, 0.1) is 22.6 Å². The molecule has 2 atom stereocenters. The van der Waals surface area contributed by atoms with Crippen LogP contribution in [-0.2, 0) is 19.8 Å². The lowest BCUT2D eigenvalue weighted by Gasteiger charge is -2.42. The number of amides is 3. The fourth-order valence-corrected chi connectivity index (χ4v) is 7.35.